The lowest BCUT2D eigenvalue weighted by Crippen LogP contribution is -2.08. The molecule has 2 aromatic rings. The lowest BCUT2D eigenvalue weighted by molar-refractivity contribution is 0.612. The lowest BCUT2D eigenvalue weighted by Gasteiger charge is -2.25. The van der Waals surface area contributed by atoms with Gasteiger partial charge in [-0.2, -0.15) is 11.8 Å². The first kappa shape index (κ1) is 13.6. The summed E-state index contributed by atoms with van der Waals surface area (Å²) in [7, 11) is 0. The molecule has 0 radical (unpaired) electrons. The maximum absolute atomic E-state index is 13.4. The summed E-state index contributed by atoms with van der Waals surface area (Å²) in [5.74, 6) is 0.879. The van der Waals surface area contributed by atoms with E-state index in [1.165, 1.54) is 17.5 Å². The fraction of sp³-hybridized carbons (Fsp3) is 0.375. The summed E-state index contributed by atoms with van der Waals surface area (Å²) in [5, 5.41) is 0.422. The Morgan fingerprint density at radius 3 is 3.10 bits per heavy atom. The molecule has 1 aliphatic carbocycles. The summed E-state index contributed by atoms with van der Waals surface area (Å²) >= 11 is 1.91. The van der Waals surface area contributed by atoms with Gasteiger partial charge in [-0.3, -0.25) is 9.97 Å². The van der Waals surface area contributed by atoms with E-state index in [1.54, 1.807) is 24.5 Å². The first-order chi connectivity index (χ1) is 9.83. The average molecular weight is 288 g/mol. The van der Waals surface area contributed by atoms with Gasteiger partial charge in [0, 0.05) is 30.3 Å². The zero-order valence-corrected chi connectivity index (χ0v) is 12.1. The highest BCUT2D eigenvalue weighted by molar-refractivity contribution is 7.99. The van der Waals surface area contributed by atoms with Crippen LogP contribution in [0.15, 0.2) is 36.8 Å². The second-order valence-electron chi connectivity index (χ2n) is 5.04. The summed E-state index contributed by atoms with van der Waals surface area (Å²) in [6, 6.07) is 5.24. The maximum atomic E-state index is 13.4. The summed E-state index contributed by atoms with van der Waals surface area (Å²) in [6.45, 7) is 0. The van der Waals surface area contributed by atoms with Crippen LogP contribution in [0.3, 0.4) is 0 Å². The minimum Gasteiger partial charge on any atom is -0.261 e. The first-order valence-electron chi connectivity index (χ1n) is 6.98. The summed E-state index contributed by atoms with van der Waals surface area (Å²) < 4.78 is 13.4. The molecule has 3 rings (SSSR count). The van der Waals surface area contributed by atoms with Crippen molar-refractivity contribution in [3.63, 3.8) is 0 Å². The Bertz CT molecular complexity index is 574. The predicted octanol–water partition coefficient (Wildman–Crippen LogP) is 3.97. The number of halogens is 1. The third kappa shape index (κ3) is 3.18. The fourth-order valence-corrected chi connectivity index (χ4v) is 4.01. The van der Waals surface area contributed by atoms with E-state index in [9.17, 15) is 4.39 Å². The third-order valence-electron chi connectivity index (χ3n) is 3.66. The Hall–Kier alpha value is -1.42. The number of benzene rings is 1. The second-order valence-corrected chi connectivity index (χ2v) is 6.35. The van der Waals surface area contributed by atoms with Gasteiger partial charge in [0.1, 0.15) is 5.82 Å². The number of nitrogens with zero attached hydrogens (tertiary/aromatic N) is 2. The molecule has 1 atom stereocenters. The van der Waals surface area contributed by atoms with E-state index in [1.807, 2.05) is 24.0 Å². The number of aryl methyl sites for hydroxylation is 2. The Balaban J connectivity index is 1.63. The van der Waals surface area contributed by atoms with Gasteiger partial charge in [-0.1, -0.05) is 6.07 Å². The van der Waals surface area contributed by atoms with Gasteiger partial charge in [-0.05, 0) is 48.3 Å². The van der Waals surface area contributed by atoms with Crippen LogP contribution in [0.25, 0.3) is 0 Å². The van der Waals surface area contributed by atoms with Gasteiger partial charge >= 0.3 is 0 Å². The zero-order chi connectivity index (χ0) is 13.8. The third-order valence-corrected chi connectivity index (χ3v) is 4.99. The van der Waals surface area contributed by atoms with Gasteiger partial charge < -0.3 is 0 Å². The van der Waals surface area contributed by atoms with Crippen molar-refractivity contribution in [2.24, 2.45) is 0 Å². The SMILES string of the molecule is Fc1ccc2c(c1)C(SCCc1cnccn1)CCC2. The molecule has 0 saturated heterocycles. The van der Waals surface area contributed by atoms with Crippen LogP contribution in [0.2, 0.25) is 0 Å². The van der Waals surface area contributed by atoms with Crippen molar-refractivity contribution in [2.45, 2.75) is 30.9 Å². The Kier molecular flexibility index (Phi) is 4.31. The number of rotatable bonds is 4. The van der Waals surface area contributed by atoms with Crippen LogP contribution in [-0.4, -0.2) is 15.7 Å². The molecular formula is C16H17FN2S. The molecule has 0 N–H and O–H groups in total. The second kappa shape index (κ2) is 6.35. The van der Waals surface area contributed by atoms with Crippen molar-refractivity contribution in [1.82, 2.24) is 9.97 Å². The van der Waals surface area contributed by atoms with Crippen LogP contribution in [0, 0.1) is 5.82 Å². The molecular weight excluding hydrogens is 271 g/mol. The quantitative estimate of drug-likeness (QED) is 0.851. The van der Waals surface area contributed by atoms with E-state index in [-0.39, 0.29) is 5.82 Å². The Morgan fingerprint density at radius 2 is 2.25 bits per heavy atom. The normalized spacial score (nSPS) is 17.8. The number of aromatic nitrogens is 2. The van der Waals surface area contributed by atoms with E-state index in [0.29, 0.717) is 5.25 Å². The molecule has 1 aromatic heterocycles. The minimum atomic E-state index is -0.120. The van der Waals surface area contributed by atoms with Crippen LogP contribution >= 0.6 is 11.8 Å². The topological polar surface area (TPSA) is 25.8 Å². The molecule has 0 bridgehead atoms. The van der Waals surface area contributed by atoms with Crippen LogP contribution < -0.4 is 0 Å². The van der Waals surface area contributed by atoms with E-state index in [4.69, 9.17) is 0 Å². The average Bonchev–Trinajstić information content (AvgIpc) is 2.49. The molecule has 0 fully saturated rings. The highest BCUT2D eigenvalue weighted by Gasteiger charge is 2.20. The van der Waals surface area contributed by atoms with Crippen LogP contribution in [0.4, 0.5) is 4.39 Å². The Morgan fingerprint density at radius 1 is 1.30 bits per heavy atom. The molecule has 2 nitrogen and oxygen atoms in total. The van der Waals surface area contributed by atoms with Gasteiger partial charge in [0.15, 0.2) is 0 Å². The van der Waals surface area contributed by atoms with Crippen LogP contribution in [0.1, 0.15) is 34.9 Å². The molecule has 0 saturated carbocycles. The fourth-order valence-electron chi connectivity index (χ4n) is 2.66. The lowest BCUT2D eigenvalue weighted by atomic mass is 9.91. The molecule has 1 aromatic carbocycles. The molecule has 20 heavy (non-hydrogen) atoms. The number of thioether (sulfide) groups is 1. The number of hydrogen-bond acceptors (Lipinski definition) is 3. The molecule has 1 aliphatic rings. The number of hydrogen-bond donors (Lipinski definition) is 0. The highest BCUT2D eigenvalue weighted by atomic mass is 32.2. The molecule has 1 unspecified atom stereocenters. The maximum Gasteiger partial charge on any atom is 0.123 e. The van der Waals surface area contributed by atoms with Gasteiger partial charge in [-0.25, -0.2) is 4.39 Å². The van der Waals surface area contributed by atoms with Gasteiger partial charge in [0.2, 0.25) is 0 Å². The van der Waals surface area contributed by atoms with E-state index in [0.717, 1.165) is 30.7 Å². The first-order valence-corrected chi connectivity index (χ1v) is 8.02. The predicted molar refractivity (Wildman–Crippen MR) is 80.3 cm³/mol. The van der Waals surface area contributed by atoms with E-state index < -0.39 is 0 Å². The Labute approximate surface area is 122 Å². The summed E-state index contributed by atoms with van der Waals surface area (Å²) in [6.07, 6.45) is 9.57. The zero-order valence-electron chi connectivity index (χ0n) is 11.3. The standard InChI is InChI=1S/C16H17FN2S/c17-13-5-4-12-2-1-3-16(15(12)10-13)20-9-6-14-11-18-7-8-19-14/h4-5,7-8,10-11,16H,1-3,6,9H2. The van der Waals surface area contributed by atoms with Crippen molar-refractivity contribution in [2.75, 3.05) is 5.75 Å². The largest absolute Gasteiger partial charge is 0.261 e. The smallest absolute Gasteiger partial charge is 0.123 e. The summed E-state index contributed by atoms with van der Waals surface area (Å²) in [5.41, 5.74) is 3.53. The van der Waals surface area contributed by atoms with Crippen LogP contribution in [-0.2, 0) is 12.8 Å². The molecule has 0 aliphatic heterocycles. The molecule has 1 heterocycles. The van der Waals surface area contributed by atoms with Crippen molar-refractivity contribution >= 4 is 11.8 Å². The van der Waals surface area contributed by atoms with Crippen molar-refractivity contribution in [1.29, 1.82) is 0 Å². The highest BCUT2D eigenvalue weighted by Crippen LogP contribution is 2.40. The molecule has 0 spiro atoms. The van der Waals surface area contributed by atoms with Crippen LogP contribution in [0.5, 0.6) is 0 Å². The van der Waals surface area contributed by atoms with E-state index in [2.05, 4.69) is 9.97 Å². The van der Waals surface area contributed by atoms with Crippen molar-refractivity contribution < 1.29 is 4.39 Å². The van der Waals surface area contributed by atoms with Gasteiger partial charge in [0.25, 0.3) is 0 Å². The van der Waals surface area contributed by atoms with Crippen molar-refractivity contribution in [3.8, 4) is 0 Å². The van der Waals surface area contributed by atoms with Gasteiger partial charge in [-0.15, -0.1) is 0 Å². The van der Waals surface area contributed by atoms with Crippen molar-refractivity contribution in [3.05, 3.63) is 59.4 Å². The molecule has 104 valence electrons. The molecule has 4 heteroatoms. The monoisotopic (exact) mass is 288 g/mol. The number of fused-ring (bicyclic) bond motifs is 1. The summed E-state index contributed by atoms with van der Waals surface area (Å²) in [4.78, 5) is 8.36. The van der Waals surface area contributed by atoms with Gasteiger partial charge in [0.05, 0.1) is 5.69 Å². The molecule has 0 amide bonds. The minimum absolute atomic E-state index is 0.120. The van der Waals surface area contributed by atoms with E-state index >= 15 is 0 Å².